The molecule has 11 heteroatoms. The van der Waals surface area contributed by atoms with Gasteiger partial charge < -0.3 is 31.0 Å². The van der Waals surface area contributed by atoms with Crippen molar-refractivity contribution in [3.05, 3.63) is 60.0 Å². The van der Waals surface area contributed by atoms with Crippen LogP contribution in [0.3, 0.4) is 0 Å². The summed E-state index contributed by atoms with van der Waals surface area (Å²) in [6.45, 7) is 5.34. The van der Waals surface area contributed by atoms with Crippen molar-refractivity contribution in [3.8, 4) is 5.75 Å². The predicted octanol–water partition coefficient (Wildman–Crippen LogP) is 4.22. The molecular formula is C28H31FN8O2. The van der Waals surface area contributed by atoms with Crippen LogP contribution in [0.5, 0.6) is 5.75 Å². The first-order valence-corrected chi connectivity index (χ1v) is 13.1. The van der Waals surface area contributed by atoms with Crippen LogP contribution in [0.2, 0.25) is 0 Å². The summed E-state index contributed by atoms with van der Waals surface area (Å²) in [6, 6.07) is 11.6. The summed E-state index contributed by atoms with van der Waals surface area (Å²) < 4.78 is 19.7. The minimum absolute atomic E-state index is 0.152. The number of piperazine rings is 1. The molecule has 2 aromatic carbocycles. The quantitative estimate of drug-likeness (QED) is 0.254. The van der Waals surface area contributed by atoms with Crippen LogP contribution in [-0.4, -0.2) is 65.6 Å². The number of carbonyl (C=O) groups is 1. The maximum absolute atomic E-state index is 14.0. The zero-order valence-corrected chi connectivity index (χ0v) is 21.7. The van der Waals surface area contributed by atoms with Crippen molar-refractivity contribution in [2.45, 2.75) is 12.8 Å². The molecule has 1 aliphatic carbocycles. The van der Waals surface area contributed by atoms with Gasteiger partial charge in [-0.15, -0.1) is 0 Å². The second kappa shape index (κ2) is 10.4. The Balaban J connectivity index is 1.23. The summed E-state index contributed by atoms with van der Waals surface area (Å²) in [6.07, 6.45) is 4.49. The number of aromatic amines is 1. The monoisotopic (exact) mass is 530 g/mol. The molecular weight excluding hydrogens is 499 g/mol. The van der Waals surface area contributed by atoms with Gasteiger partial charge in [-0.2, -0.15) is 9.97 Å². The van der Waals surface area contributed by atoms with E-state index in [1.54, 1.807) is 19.4 Å². The summed E-state index contributed by atoms with van der Waals surface area (Å²) in [4.78, 5) is 29.1. The zero-order chi connectivity index (χ0) is 26.9. The number of rotatable bonds is 9. The molecule has 2 fully saturated rings. The molecule has 39 heavy (non-hydrogen) atoms. The lowest BCUT2D eigenvalue weighted by Crippen LogP contribution is -2.47. The highest BCUT2D eigenvalue weighted by Gasteiger charge is 2.26. The smallest absolute Gasteiger partial charge is 0.250 e. The number of nitrogens with two attached hydrogens (primary N) is 1. The lowest BCUT2D eigenvalue weighted by atomic mass is 10.1. The first-order chi connectivity index (χ1) is 19.0. The van der Waals surface area contributed by atoms with Gasteiger partial charge in [-0.25, -0.2) is 4.39 Å². The lowest BCUT2D eigenvalue weighted by molar-refractivity contribution is 0.100. The number of fused-ring (bicyclic) bond motifs is 1. The van der Waals surface area contributed by atoms with Crippen molar-refractivity contribution < 1.29 is 13.9 Å². The van der Waals surface area contributed by atoms with Crippen LogP contribution in [0.25, 0.3) is 11.0 Å². The van der Waals surface area contributed by atoms with E-state index in [9.17, 15) is 9.18 Å². The third-order valence-corrected chi connectivity index (χ3v) is 7.30. The molecule has 0 spiro atoms. The summed E-state index contributed by atoms with van der Waals surface area (Å²) in [5.41, 5.74) is 8.24. The molecule has 2 aliphatic rings. The SMILES string of the molecule is COc1cc(N2CCN(CC3CC3)CC2)ccc1Nc1nc(Nc2cc(F)ccc2C(N)=O)c2cc[nH]c2n1. The standard InChI is InChI=1S/C28H31FN8O2/c1-39-24-15-19(37-12-10-36(11-13-37)16-17-2-3-17)5-7-22(24)33-28-34-26-21(8-9-31-26)27(35-28)32-23-14-18(29)4-6-20(23)25(30)38/h4-9,14-15,17H,2-3,10-13,16H2,1H3,(H2,30,38)(H3,31,32,33,34,35). The van der Waals surface area contributed by atoms with Gasteiger partial charge in [0.15, 0.2) is 0 Å². The minimum Gasteiger partial charge on any atom is -0.494 e. The highest BCUT2D eigenvalue weighted by molar-refractivity contribution is 6.00. The molecule has 1 saturated heterocycles. The molecule has 202 valence electrons. The number of benzene rings is 2. The molecule has 3 heterocycles. The fourth-order valence-electron chi connectivity index (χ4n) is 5.01. The number of ether oxygens (including phenoxy) is 1. The molecule has 1 saturated carbocycles. The number of hydrogen-bond acceptors (Lipinski definition) is 8. The molecule has 5 N–H and O–H groups in total. The van der Waals surface area contributed by atoms with E-state index in [0.29, 0.717) is 34.2 Å². The van der Waals surface area contributed by atoms with Gasteiger partial charge in [0.05, 0.1) is 29.4 Å². The average molecular weight is 531 g/mol. The molecule has 0 radical (unpaired) electrons. The number of primary amides is 1. The maximum atomic E-state index is 14.0. The van der Waals surface area contributed by atoms with Crippen LogP contribution in [0.1, 0.15) is 23.2 Å². The van der Waals surface area contributed by atoms with E-state index in [-0.39, 0.29) is 11.3 Å². The first kappa shape index (κ1) is 24.9. The fourth-order valence-corrected chi connectivity index (χ4v) is 5.01. The number of nitrogens with zero attached hydrogens (tertiary/aromatic N) is 4. The fraction of sp³-hybridized carbons (Fsp3) is 0.321. The number of nitrogens with one attached hydrogen (secondary N) is 3. The number of anilines is 5. The molecule has 4 aromatic rings. The van der Waals surface area contributed by atoms with Crippen LogP contribution in [0.4, 0.5) is 33.2 Å². The highest BCUT2D eigenvalue weighted by Crippen LogP contribution is 2.34. The Labute approximate surface area is 225 Å². The third kappa shape index (κ3) is 5.44. The van der Waals surface area contributed by atoms with Crippen LogP contribution in [0, 0.1) is 11.7 Å². The summed E-state index contributed by atoms with van der Waals surface area (Å²) in [5.74, 6) is 1.07. The number of methoxy groups -OCH3 is 1. The van der Waals surface area contributed by atoms with Gasteiger partial charge in [0, 0.05) is 50.7 Å². The van der Waals surface area contributed by atoms with Crippen molar-refractivity contribution in [1.82, 2.24) is 19.9 Å². The normalized spacial score (nSPS) is 15.9. The van der Waals surface area contributed by atoms with E-state index in [1.165, 1.54) is 37.6 Å². The van der Waals surface area contributed by atoms with Crippen molar-refractivity contribution in [2.75, 3.05) is 55.4 Å². The molecule has 0 unspecified atom stereocenters. The van der Waals surface area contributed by atoms with Gasteiger partial charge in [-0.05, 0) is 55.2 Å². The molecule has 1 aliphatic heterocycles. The number of halogens is 1. The average Bonchev–Trinajstić information content (AvgIpc) is 3.61. The molecule has 0 bridgehead atoms. The van der Waals surface area contributed by atoms with E-state index in [2.05, 4.69) is 41.5 Å². The topological polar surface area (TPSA) is 124 Å². The van der Waals surface area contributed by atoms with Gasteiger partial charge in [0.25, 0.3) is 5.91 Å². The summed E-state index contributed by atoms with van der Waals surface area (Å²) in [5, 5.41) is 6.97. The van der Waals surface area contributed by atoms with Crippen LogP contribution in [0.15, 0.2) is 48.7 Å². The van der Waals surface area contributed by atoms with E-state index in [4.69, 9.17) is 10.5 Å². The first-order valence-electron chi connectivity index (χ1n) is 13.1. The number of carbonyl (C=O) groups excluding carboxylic acids is 1. The van der Waals surface area contributed by atoms with Crippen molar-refractivity contribution >= 4 is 45.8 Å². The van der Waals surface area contributed by atoms with E-state index in [1.807, 2.05) is 12.1 Å². The van der Waals surface area contributed by atoms with Crippen LogP contribution in [-0.2, 0) is 0 Å². The predicted molar refractivity (Wildman–Crippen MR) is 150 cm³/mol. The Morgan fingerprint density at radius 3 is 2.64 bits per heavy atom. The van der Waals surface area contributed by atoms with Crippen LogP contribution < -0.4 is 26.0 Å². The Morgan fingerprint density at radius 2 is 1.90 bits per heavy atom. The van der Waals surface area contributed by atoms with Gasteiger partial charge in [0.1, 0.15) is 23.0 Å². The minimum atomic E-state index is -0.677. The molecule has 10 nitrogen and oxygen atoms in total. The van der Waals surface area contributed by atoms with Gasteiger partial charge in [-0.1, -0.05) is 0 Å². The molecule has 1 amide bonds. The molecule has 0 atom stereocenters. The largest absolute Gasteiger partial charge is 0.494 e. The third-order valence-electron chi connectivity index (χ3n) is 7.30. The van der Waals surface area contributed by atoms with Gasteiger partial charge in [-0.3, -0.25) is 9.69 Å². The van der Waals surface area contributed by atoms with Crippen LogP contribution >= 0.6 is 0 Å². The van der Waals surface area contributed by atoms with E-state index < -0.39 is 11.7 Å². The zero-order valence-electron chi connectivity index (χ0n) is 21.7. The second-order valence-corrected chi connectivity index (χ2v) is 10.1. The Bertz CT molecular complexity index is 1510. The lowest BCUT2D eigenvalue weighted by Gasteiger charge is -2.36. The number of hydrogen-bond donors (Lipinski definition) is 4. The van der Waals surface area contributed by atoms with Crippen molar-refractivity contribution in [3.63, 3.8) is 0 Å². The van der Waals surface area contributed by atoms with Gasteiger partial charge in [0.2, 0.25) is 5.95 Å². The van der Waals surface area contributed by atoms with Crippen molar-refractivity contribution in [2.24, 2.45) is 11.7 Å². The van der Waals surface area contributed by atoms with E-state index in [0.717, 1.165) is 37.8 Å². The summed E-state index contributed by atoms with van der Waals surface area (Å²) in [7, 11) is 1.63. The van der Waals surface area contributed by atoms with Gasteiger partial charge >= 0.3 is 0 Å². The highest BCUT2D eigenvalue weighted by atomic mass is 19.1. The van der Waals surface area contributed by atoms with E-state index >= 15 is 0 Å². The number of H-pyrrole nitrogens is 1. The number of aromatic nitrogens is 3. The molecule has 6 rings (SSSR count). The summed E-state index contributed by atoms with van der Waals surface area (Å²) >= 11 is 0. The van der Waals surface area contributed by atoms with Crippen molar-refractivity contribution in [1.29, 1.82) is 0 Å². The number of amides is 1. The second-order valence-electron chi connectivity index (χ2n) is 10.1. The Morgan fingerprint density at radius 1 is 1.08 bits per heavy atom. The Kier molecular flexibility index (Phi) is 6.65. The molecule has 2 aromatic heterocycles. The maximum Gasteiger partial charge on any atom is 0.250 e. The Hall–Kier alpha value is -4.38.